The molecule has 0 bridgehead atoms. The van der Waals surface area contributed by atoms with Crippen molar-refractivity contribution in [3.05, 3.63) is 76.0 Å². The molecule has 0 radical (unpaired) electrons. The van der Waals surface area contributed by atoms with E-state index in [4.69, 9.17) is 4.74 Å². The smallest absolute Gasteiger partial charge is 0.289 e. The number of nitro groups is 1. The fourth-order valence-corrected chi connectivity index (χ4v) is 2.48. The first-order valence-corrected chi connectivity index (χ1v) is 8.44. The first-order valence-electron chi connectivity index (χ1n) is 8.44. The second-order valence-electron chi connectivity index (χ2n) is 5.65. The van der Waals surface area contributed by atoms with Gasteiger partial charge < -0.3 is 4.74 Å². The summed E-state index contributed by atoms with van der Waals surface area (Å²) in [6.45, 7) is 2.40. The molecule has 0 unspecified atom stereocenters. The SMILES string of the molecule is CCOc1ccccc1-c1cc(C(=O)N/N=C/c2cccc([N+](=O)[O-])c2)[nH]n1. The molecule has 28 heavy (non-hydrogen) atoms. The van der Waals surface area contributed by atoms with Gasteiger partial charge in [-0.2, -0.15) is 10.2 Å². The summed E-state index contributed by atoms with van der Waals surface area (Å²) in [5, 5.41) is 21.4. The second-order valence-corrected chi connectivity index (χ2v) is 5.65. The largest absolute Gasteiger partial charge is 0.493 e. The standard InChI is InChI=1S/C19H17N5O4/c1-2-28-18-9-4-3-8-15(18)16-11-17(22-21-16)19(25)23-20-12-13-6-5-7-14(10-13)24(26)27/h3-12H,2H2,1H3,(H,21,22)(H,23,25)/b20-12+. The number of carbonyl (C=O) groups is 1. The van der Waals surface area contributed by atoms with Crippen LogP contribution in [0.15, 0.2) is 59.7 Å². The molecule has 1 aromatic heterocycles. The maximum absolute atomic E-state index is 12.2. The molecule has 0 saturated heterocycles. The molecule has 1 heterocycles. The lowest BCUT2D eigenvalue weighted by molar-refractivity contribution is -0.384. The third kappa shape index (κ3) is 4.39. The lowest BCUT2D eigenvalue weighted by Gasteiger charge is -2.07. The number of aromatic amines is 1. The molecular formula is C19H17N5O4. The Morgan fingerprint density at radius 2 is 2.11 bits per heavy atom. The normalized spacial score (nSPS) is 10.8. The van der Waals surface area contributed by atoms with Crippen molar-refractivity contribution >= 4 is 17.8 Å². The van der Waals surface area contributed by atoms with Crippen LogP contribution in [0.5, 0.6) is 5.75 Å². The van der Waals surface area contributed by atoms with Gasteiger partial charge in [-0.25, -0.2) is 5.43 Å². The minimum atomic E-state index is -0.498. The molecule has 0 atom stereocenters. The molecule has 9 nitrogen and oxygen atoms in total. The minimum Gasteiger partial charge on any atom is -0.493 e. The fourth-order valence-electron chi connectivity index (χ4n) is 2.48. The zero-order chi connectivity index (χ0) is 19.9. The van der Waals surface area contributed by atoms with E-state index in [0.29, 0.717) is 23.6 Å². The molecule has 3 aromatic rings. The van der Waals surface area contributed by atoms with Crippen LogP contribution in [0.25, 0.3) is 11.3 Å². The Balaban J connectivity index is 1.70. The van der Waals surface area contributed by atoms with E-state index < -0.39 is 10.8 Å². The monoisotopic (exact) mass is 379 g/mol. The number of rotatable bonds is 7. The maximum atomic E-state index is 12.2. The van der Waals surface area contributed by atoms with Crippen molar-refractivity contribution in [2.75, 3.05) is 6.61 Å². The summed E-state index contributed by atoms with van der Waals surface area (Å²) in [5.41, 5.74) is 4.35. The number of hydrogen-bond donors (Lipinski definition) is 2. The van der Waals surface area contributed by atoms with E-state index in [0.717, 1.165) is 5.56 Å². The van der Waals surface area contributed by atoms with Crippen LogP contribution < -0.4 is 10.2 Å². The van der Waals surface area contributed by atoms with Gasteiger partial charge in [0, 0.05) is 23.3 Å². The zero-order valence-electron chi connectivity index (χ0n) is 15.0. The van der Waals surface area contributed by atoms with Crippen LogP contribution in [0.1, 0.15) is 23.0 Å². The predicted molar refractivity (Wildman–Crippen MR) is 103 cm³/mol. The summed E-state index contributed by atoms with van der Waals surface area (Å²) in [5.74, 6) is 0.182. The van der Waals surface area contributed by atoms with Gasteiger partial charge in [-0.05, 0) is 25.1 Å². The predicted octanol–water partition coefficient (Wildman–Crippen LogP) is 3.15. The Bertz CT molecular complexity index is 1030. The van der Waals surface area contributed by atoms with Gasteiger partial charge >= 0.3 is 0 Å². The molecular weight excluding hydrogens is 362 g/mol. The molecule has 142 valence electrons. The number of aromatic nitrogens is 2. The van der Waals surface area contributed by atoms with Crippen LogP contribution in [0.2, 0.25) is 0 Å². The van der Waals surface area contributed by atoms with Gasteiger partial charge in [0.25, 0.3) is 11.6 Å². The highest BCUT2D eigenvalue weighted by Crippen LogP contribution is 2.28. The number of ether oxygens (including phenoxy) is 1. The van der Waals surface area contributed by atoms with Crippen LogP contribution in [0, 0.1) is 10.1 Å². The highest BCUT2D eigenvalue weighted by molar-refractivity contribution is 5.94. The number of non-ortho nitro benzene ring substituents is 1. The average Bonchev–Trinajstić information content (AvgIpc) is 3.19. The summed E-state index contributed by atoms with van der Waals surface area (Å²) in [4.78, 5) is 22.5. The van der Waals surface area contributed by atoms with E-state index in [1.165, 1.54) is 24.4 Å². The number of hydrogen-bond acceptors (Lipinski definition) is 6. The van der Waals surface area contributed by atoms with Gasteiger partial charge in [0.15, 0.2) is 0 Å². The number of carbonyl (C=O) groups excluding carboxylic acids is 1. The lowest BCUT2D eigenvalue weighted by atomic mass is 10.1. The Labute approximate surface area is 160 Å². The number of nitro benzene ring substituents is 1. The van der Waals surface area contributed by atoms with Gasteiger partial charge in [0.2, 0.25) is 0 Å². The number of nitrogens with one attached hydrogen (secondary N) is 2. The molecule has 0 spiro atoms. The van der Waals surface area contributed by atoms with Crippen LogP contribution in [-0.2, 0) is 0 Å². The summed E-state index contributed by atoms with van der Waals surface area (Å²) in [6, 6.07) is 14.9. The van der Waals surface area contributed by atoms with Crippen molar-refractivity contribution in [3.63, 3.8) is 0 Å². The van der Waals surface area contributed by atoms with E-state index in [9.17, 15) is 14.9 Å². The highest BCUT2D eigenvalue weighted by Gasteiger charge is 2.13. The van der Waals surface area contributed by atoms with Crippen LogP contribution in [0.3, 0.4) is 0 Å². The van der Waals surface area contributed by atoms with E-state index in [-0.39, 0.29) is 11.4 Å². The Morgan fingerprint density at radius 3 is 2.89 bits per heavy atom. The molecule has 0 saturated carbocycles. The van der Waals surface area contributed by atoms with Crippen molar-refractivity contribution in [2.45, 2.75) is 6.92 Å². The molecule has 2 N–H and O–H groups in total. The zero-order valence-corrected chi connectivity index (χ0v) is 15.0. The minimum absolute atomic E-state index is 0.0542. The number of H-pyrrole nitrogens is 1. The molecule has 2 aromatic carbocycles. The number of nitrogens with zero attached hydrogens (tertiary/aromatic N) is 3. The van der Waals surface area contributed by atoms with Gasteiger partial charge in [0.05, 0.1) is 23.4 Å². The van der Waals surface area contributed by atoms with E-state index in [2.05, 4.69) is 20.7 Å². The topological polar surface area (TPSA) is 123 Å². The van der Waals surface area contributed by atoms with E-state index in [1.54, 1.807) is 12.1 Å². The van der Waals surface area contributed by atoms with E-state index in [1.807, 2.05) is 31.2 Å². The van der Waals surface area contributed by atoms with Crippen LogP contribution in [-0.4, -0.2) is 33.8 Å². The van der Waals surface area contributed by atoms with Crippen LogP contribution in [0.4, 0.5) is 5.69 Å². The average molecular weight is 379 g/mol. The van der Waals surface area contributed by atoms with Gasteiger partial charge in [0.1, 0.15) is 11.4 Å². The van der Waals surface area contributed by atoms with Gasteiger partial charge in [-0.15, -0.1) is 0 Å². The molecule has 9 heteroatoms. The molecule has 0 aliphatic heterocycles. The Hall–Kier alpha value is -4.01. The van der Waals surface area contributed by atoms with Crippen molar-refractivity contribution in [1.29, 1.82) is 0 Å². The number of benzene rings is 2. The third-order valence-electron chi connectivity index (χ3n) is 3.75. The quantitative estimate of drug-likeness (QED) is 0.371. The van der Waals surface area contributed by atoms with Gasteiger partial charge in [-0.3, -0.25) is 20.0 Å². The molecule has 0 fully saturated rings. The fraction of sp³-hybridized carbons (Fsp3) is 0.105. The lowest BCUT2D eigenvalue weighted by Crippen LogP contribution is -2.18. The first kappa shape index (κ1) is 18.8. The van der Waals surface area contributed by atoms with Crippen LogP contribution >= 0.6 is 0 Å². The summed E-state index contributed by atoms with van der Waals surface area (Å²) in [6.07, 6.45) is 1.33. The van der Waals surface area contributed by atoms with Crippen molar-refractivity contribution in [2.24, 2.45) is 5.10 Å². The molecule has 1 amide bonds. The van der Waals surface area contributed by atoms with Gasteiger partial charge in [-0.1, -0.05) is 24.3 Å². The third-order valence-corrected chi connectivity index (χ3v) is 3.75. The van der Waals surface area contributed by atoms with Crippen molar-refractivity contribution < 1.29 is 14.5 Å². The Morgan fingerprint density at radius 1 is 1.29 bits per heavy atom. The molecule has 0 aliphatic carbocycles. The molecule has 0 aliphatic rings. The summed E-state index contributed by atoms with van der Waals surface area (Å²) < 4.78 is 5.58. The summed E-state index contributed by atoms with van der Waals surface area (Å²) in [7, 11) is 0. The summed E-state index contributed by atoms with van der Waals surface area (Å²) >= 11 is 0. The number of amides is 1. The number of hydrazone groups is 1. The number of para-hydroxylation sites is 1. The van der Waals surface area contributed by atoms with Crippen molar-refractivity contribution in [1.82, 2.24) is 15.6 Å². The maximum Gasteiger partial charge on any atom is 0.289 e. The van der Waals surface area contributed by atoms with Crippen molar-refractivity contribution in [3.8, 4) is 17.0 Å². The second kappa shape index (κ2) is 8.58. The van der Waals surface area contributed by atoms with E-state index >= 15 is 0 Å². The Kier molecular flexibility index (Phi) is 5.75. The molecule has 3 rings (SSSR count). The first-order chi connectivity index (χ1) is 13.6. The highest BCUT2D eigenvalue weighted by atomic mass is 16.6.